The van der Waals surface area contributed by atoms with Crippen LogP contribution in [0.1, 0.15) is 16.7 Å². The molecule has 0 spiro atoms. The molecule has 2 aliphatic rings. The van der Waals surface area contributed by atoms with Crippen LogP contribution in [0.25, 0.3) is 0 Å². The van der Waals surface area contributed by atoms with Crippen LogP contribution in [0.2, 0.25) is 0 Å². The molecule has 4 heteroatoms. The van der Waals surface area contributed by atoms with Gasteiger partial charge in [0.15, 0.2) is 11.5 Å². The van der Waals surface area contributed by atoms with Crippen molar-refractivity contribution in [1.82, 2.24) is 0 Å². The number of fused-ring (bicyclic) bond motifs is 4. The summed E-state index contributed by atoms with van der Waals surface area (Å²) in [5.74, 6) is 1.76. The van der Waals surface area contributed by atoms with Gasteiger partial charge in [-0.25, -0.2) is 0 Å². The zero-order valence-electron chi connectivity index (χ0n) is 23.2. The maximum Gasteiger partial charge on any atom is 0.151 e. The topological polar surface area (TPSA) is 15.7 Å². The number of nitrogens with zero attached hydrogens (tertiary/aromatic N) is 2. The molecule has 0 fully saturated rings. The van der Waals surface area contributed by atoms with Gasteiger partial charge in [-0.15, -0.1) is 0 Å². The zero-order valence-corrected chi connectivity index (χ0v) is 24.0. The molecule has 8 rings (SSSR count). The average Bonchev–Trinajstić information content (AvgIpc) is 3.03. The first kappa shape index (κ1) is 24.8. The Kier molecular flexibility index (Phi) is 6.01. The third-order valence-corrected chi connectivity index (χ3v) is 8.98. The standard InChI is InChI=1S/C38H28N2OS/c1-26-16-19-31-35(22-26)41-36-24-27(17-20-32(36)39(31)29-10-4-2-5-11-29)23-28-18-21-34-38(25-28)42-37-15-9-8-14-33(37)40(34)30-12-6-3-7-13-30/h2-22,24-25H,23H2,1H3. The highest BCUT2D eigenvalue weighted by atomic mass is 32.2. The molecule has 2 aliphatic heterocycles. The van der Waals surface area contributed by atoms with E-state index in [4.69, 9.17) is 4.74 Å². The molecule has 0 radical (unpaired) electrons. The van der Waals surface area contributed by atoms with Gasteiger partial charge < -0.3 is 14.5 Å². The van der Waals surface area contributed by atoms with Gasteiger partial charge in [0.05, 0.1) is 22.7 Å². The Morgan fingerprint density at radius 2 is 1.05 bits per heavy atom. The molecule has 0 aromatic heterocycles. The fourth-order valence-corrected chi connectivity index (χ4v) is 7.05. The van der Waals surface area contributed by atoms with E-state index in [-0.39, 0.29) is 0 Å². The Balaban J connectivity index is 1.15. The van der Waals surface area contributed by atoms with E-state index in [1.165, 1.54) is 43.5 Å². The second kappa shape index (κ2) is 10.2. The van der Waals surface area contributed by atoms with Crippen LogP contribution in [-0.4, -0.2) is 0 Å². The zero-order chi connectivity index (χ0) is 28.0. The van der Waals surface area contributed by atoms with Crippen LogP contribution in [0.4, 0.5) is 34.1 Å². The van der Waals surface area contributed by atoms with E-state index in [2.05, 4.69) is 156 Å². The van der Waals surface area contributed by atoms with Crippen molar-refractivity contribution in [2.75, 3.05) is 9.80 Å². The largest absolute Gasteiger partial charge is 0.453 e. The second-order valence-electron chi connectivity index (χ2n) is 10.8. The molecule has 3 nitrogen and oxygen atoms in total. The molecule has 0 saturated carbocycles. The molecule has 6 aromatic rings. The van der Waals surface area contributed by atoms with E-state index < -0.39 is 0 Å². The Morgan fingerprint density at radius 3 is 1.79 bits per heavy atom. The summed E-state index contributed by atoms with van der Waals surface area (Å²) in [5, 5.41) is 0. The van der Waals surface area contributed by atoms with Gasteiger partial charge >= 0.3 is 0 Å². The lowest BCUT2D eigenvalue weighted by atomic mass is 10.0. The normalized spacial score (nSPS) is 13.0. The van der Waals surface area contributed by atoms with E-state index in [0.717, 1.165) is 35.0 Å². The van der Waals surface area contributed by atoms with Gasteiger partial charge in [-0.1, -0.05) is 78.5 Å². The summed E-state index contributed by atoms with van der Waals surface area (Å²) >= 11 is 1.85. The molecule has 0 bridgehead atoms. The first-order valence-electron chi connectivity index (χ1n) is 14.2. The van der Waals surface area contributed by atoms with E-state index >= 15 is 0 Å². The maximum atomic E-state index is 6.53. The van der Waals surface area contributed by atoms with Crippen molar-refractivity contribution in [1.29, 1.82) is 0 Å². The first-order valence-corrected chi connectivity index (χ1v) is 15.0. The predicted octanol–water partition coefficient (Wildman–Crippen LogP) is 11.1. The molecular weight excluding hydrogens is 532 g/mol. The molecule has 0 atom stereocenters. The summed E-state index contributed by atoms with van der Waals surface area (Å²) in [6.45, 7) is 2.11. The number of ether oxygens (including phenoxy) is 1. The molecule has 0 amide bonds. The molecule has 2 heterocycles. The molecule has 202 valence electrons. The monoisotopic (exact) mass is 560 g/mol. The summed E-state index contributed by atoms with van der Waals surface area (Å²) in [6.07, 6.45) is 0.823. The molecule has 0 N–H and O–H groups in total. The fraction of sp³-hybridized carbons (Fsp3) is 0.0526. The Hall–Kier alpha value is -4.93. The predicted molar refractivity (Wildman–Crippen MR) is 174 cm³/mol. The lowest BCUT2D eigenvalue weighted by Gasteiger charge is -2.33. The average molecular weight is 561 g/mol. The Bertz CT molecular complexity index is 1940. The molecule has 0 aliphatic carbocycles. The summed E-state index contributed by atoms with van der Waals surface area (Å²) in [7, 11) is 0. The molecular formula is C38H28N2OS. The number of anilines is 6. The Labute approximate surface area is 250 Å². The van der Waals surface area contributed by atoms with Gasteiger partial charge in [0.2, 0.25) is 0 Å². The Morgan fingerprint density at radius 1 is 0.500 bits per heavy atom. The number of hydrogen-bond acceptors (Lipinski definition) is 4. The summed E-state index contributed by atoms with van der Waals surface area (Å²) in [4.78, 5) is 7.20. The minimum absolute atomic E-state index is 0.823. The van der Waals surface area contributed by atoms with Crippen molar-refractivity contribution < 1.29 is 4.74 Å². The summed E-state index contributed by atoms with van der Waals surface area (Å²) in [6, 6.07) is 49.7. The highest BCUT2D eigenvalue weighted by molar-refractivity contribution is 7.99. The highest BCUT2D eigenvalue weighted by Crippen LogP contribution is 2.53. The minimum atomic E-state index is 0.823. The molecule has 6 aromatic carbocycles. The van der Waals surface area contributed by atoms with Gasteiger partial charge in [0.25, 0.3) is 0 Å². The van der Waals surface area contributed by atoms with Gasteiger partial charge in [-0.3, -0.25) is 0 Å². The van der Waals surface area contributed by atoms with E-state index in [9.17, 15) is 0 Å². The third-order valence-electron chi connectivity index (χ3n) is 7.87. The number of rotatable bonds is 4. The van der Waals surface area contributed by atoms with E-state index in [0.29, 0.717) is 0 Å². The van der Waals surface area contributed by atoms with Crippen LogP contribution >= 0.6 is 11.8 Å². The number of para-hydroxylation sites is 3. The molecule has 0 saturated heterocycles. The van der Waals surface area contributed by atoms with Crippen molar-refractivity contribution in [3.63, 3.8) is 0 Å². The fourth-order valence-electron chi connectivity index (χ4n) is 5.93. The van der Waals surface area contributed by atoms with Crippen LogP contribution in [0.15, 0.2) is 149 Å². The van der Waals surface area contributed by atoms with Crippen LogP contribution in [0.5, 0.6) is 11.5 Å². The van der Waals surface area contributed by atoms with Gasteiger partial charge in [-0.05, 0) is 103 Å². The number of benzene rings is 6. The van der Waals surface area contributed by atoms with Crippen LogP contribution in [-0.2, 0) is 6.42 Å². The lowest BCUT2D eigenvalue weighted by molar-refractivity contribution is 0.476. The van der Waals surface area contributed by atoms with Crippen molar-refractivity contribution >= 4 is 45.9 Å². The maximum absolute atomic E-state index is 6.53. The van der Waals surface area contributed by atoms with Crippen LogP contribution in [0, 0.1) is 6.92 Å². The smallest absolute Gasteiger partial charge is 0.151 e. The van der Waals surface area contributed by atoms with Crippen molar-refractivity contribution in [2.24, 2.45) is 0 Å². The van der Waals surface area contributed by atoms with E-state index in [1.54, 1.807) is 0 Å². The second-order valence-corrected chi connectivity index (χ2v) is 11.8. The van der Waals surface area contributed by atoms with Gasteiger partial charge in [0, 0.05) is 21.2 Å². The van der Waals surface area contributed by atoms with Gasteiger partial charge in [0.1, 0.15) is 0 Å². The summed E-state index contributed by atoms with van der Waals surface area (Å²) in [5.41, 5.74) is 10.5. The van der Waals surface area contributed by atoms with E-state index in [1.807, 2.05) is 11.8 Å². The lowest BCUT2D eigenvalue weighted by Crippen LogP contribution is -2.16. The highest BCUT2D eigenvalue weighted by Gasteiger charge is 2.27. The number of aryl methyl sites for hydroxylation is 1. The van der Waals surface area contributed by atoms with Crippen LogP contribution in [0.3, 0.4) is 0 Å². The quantitative estimate of drug-likeness (QED) is 0.213. The third kappa shape index (κ3) is 4.32. The first-order chi connectivity index (χ1) is 20.7. The van der Waals surface area contributed by atoms with Crippen molar-refractivity contribution in [3.8, 4) is 11.5 Å². The molecule has 42 heavy (non-hydrogen) atoms. The van der Waals surface area contributed by atoms with Crippen LogP contribution < -0.4 is 14.5 Å². The number of hydrogen-bond donors (Lipinski definition) is 0. The molecule has 0 unspecified atom stereocenters. The SMILES string of the molecule is Cc1ccc2c(c1)Oc1cc(Cc3ccc4c(c3)Sc3ccccc3N4c3ccccc3)ccc1N2c1ccccc1. The van der Waals surface area contributed by atoms with Crippen molar-refractivity contribution in [2.45, 2.75) is 23.1 Å². The van der Waals surface area contributed by atoms with Gasteiger partial charge in [-0.2, -0.15) is 0 Å². The minimum Gasteiger partial charge on any atom is -0.453 e. The van der Waals surface area contributed by atoms with Crippen molar-refractivity contribution in [3.05, 3.63) is 156 Å². The summed E-state index contributed by atoms with van der Waals surface area (Å²) < 4.78 is 6.53.